The number of nitrogens with zero attached hydrogens (tertiary/aromatic N) is 2. The van der Waals surface area contributed by atoms with Crippen LogP contribution in [0.4, 0.5) is 5.13 Å². The number of rotatable bonds is 3. The lowest BCUT2D eigenvalue weighted by atomic mass is 10.2. The zero-order valence-corrected chi connectivity index (χ0v) is 13.5. The lowest BCUT2D eigenvalue weighted by Gasteiger charge is -2.00. The molecule has 1 N–H and O–H groups in total. The Hall–Kier alpha value is -0.470. The van der Waals surface area contributed by atoms with E-state index in [1.165, 1.54) is 0 Å². The van der Waals surface area contributed by atoms with Gasteiger partial charge in [-0.25, -0.2) is 4.98 Å². The molecule has 0 amide bonds. The first-order valence-electron chi connectivity index (χ1n) is 4.82. The van der Waals surface area contributed by atoms with Crippen molar-refractivity contribution in [2.75, 3.05) is 5.43 Å². The van der Waals surface area contributed by atoms with Crippen LogP contribution in [0.3, 0.4) is 0 Å². The average Bonchev–Trinajstić information content (AvgIpc) is 2.70. The Balaban J connectivity index is 2.08. The van der Waals surface area contributed by atoms with Crippen LogP contribution in [0.1, 0.15) is 11.3 Å². The summed E-state index contributed by atoms with van der Waals surface area (Å²) in [6, 6.07) is 6.02. The first kappa shape index (κ1) is 13.0. The molecular formula is C11H9BrIN3S. The second-order valence-electron chi connectivity index (χ2n) is 3.31. The summed E-state index contributed by atoms with van der Waals surface area (Å²) in [6.45, 7) is 1.96. The fourth-order valence-electron chi connectivity index (χ4n) is 1.18. The Bertz CT molecular complexity index is 553. The zero-order chi connectivity index (χ0) is 12.3. The molecule has 2 rings (SSSR count). The number of thiazole rings is 1. The largest absolute Gasteiger partial charge is 0.253 e. The third kappa shape index (κ3) is 3.49. The van der Waals surface area contributed by atoms with Crippen LogP contribution in [-0.2, 0) is 0 Å². The zero-order valence-electron chi connectivity index (χ0n) is 8.95. The van der Waals surface area contributed by atoms with E-state index in [2.05, 4.69) is 54.0 Å². The van der Waals surface area contributed by atoms with Crippen molar-refractivity contribution in [2.24, 2.45) is 5.10 Å². The standard InChI is InChI=1S/C11H9BrIN3S/c1-7-6-17-11(15-7)16-14-5-8-3-2-4-9(12)10(8)13/h2-6H,1H3,(H,15,16). The number of aromatic nitrogens is 1. The van der Waals surface area contributed by atoms with E-state index in [1.807, 2.05) is 30.5 Å². The Labute approximate surface area is 126 Å². The highest BCUT2D eigenvalue weighted by Gasteiger charge is 2.00. The maximum absolute atomic E-state index is 4.26. The van der Waals surface area contributed by atoms with Gasteiger partial charge in [0.2, 0.25) is 5.13 Å². The van der Waals surface area contributed by atoms with Crippen molar-refractivity contribution in [1.82, 2.24) is 4.98 Å². The molecule has 0 saturated heterocycles. The molecule has 0 unspecified atom stereocenters. The SMILES string of the molecule is Cc1csc(NN=Cc2cccc(Br)c2I)n1. The molecule has 0 radical (unpaired) electrons. The molecule has 0 saturated carbocycles. The van der Waals surface area contributed by atoms with Crippen LogP contribution in [0.15, 0.2) is 33.2 Å². The lowest BCUT2D eigenvalue weighted by molar-refractivity contribution is 1.22. The van der Waals surface area contributed by atoms with Crippen LogP contribution in [0.2, 0.25) is 0 Å². The normalized spacial score (nSPS) is 11.0. The van der Waals surface area contributed by atoms with Crippen LogP contribution in [0.5, 0.6) is 0 Å². The third-order valence-electron chi connectivity index (χ3n) is 1.96. The first-order valence-corrected chi connectivity index (χ1v) is 7.57. The van der Waals surface area contributed by atoms with Gasteiger partial charge in [0.1, 0.15) is 0 Å². The second kappa shape index (κ2) is 5.92. The number of hydrogen-bond acceptors (Lipinski definition) is 4. The molecule has 0 aliphatic heterocycles. The first-order chi connectivity index (χ1) is 8.16. The number of benzene rings is 1. The molecule has 17 heavy (non-hydrogen) atoms. The van der Waals surface area contributed by atoms with E-state index in [0.717, 1.165) is 24.4 Å². The smallest absolute Gasteiger partial charge is 0.203 e. The second-order valence-corrected chi connectivity index (χ2v) is 6.10. The van der Waals surface area contributed by atoms with Gasteiger partial charge in [0, 0.05) is 19.0 Å². The number of nitrogens with one attached hydrogen (secondary N) is 1. The fourth-order valence-corrected chi connectivity index (χ4v) is 2.70. The molecular weight excluding hydrogens is 413 g/mol. The predicted octanol–water partition coefficient (Wildman–Crippen LogP) is 4.26. The Morgan fingerprint density at radius 1 is 1.53 bits per heavy atom. The van der Waals surface area contributed by atoms with Gasteiger partial charge >= 0.3 is 0 Å². The topological polar surface area (TPSA) is 37.3 Å². The highest BCUT2D eigenvalue weighted by Crippen LogP contribution is 2.21. The van der Waals surface area contributed by atoms with Gasteiger partial charge in [-0.15, -0.1) is 11.3 Å². The monoisotopic (exact) mass is 421 g/mol. The van der Waals surface area contributed by atoms with E-state index >= 15 is 0 Å². The fraction of sp³-hybridized carbons (Fsp3) is 0.0909. The van der Waals surface area contributed by atoms with E-state index in [9.17, 15) is 0 Å². The van der Waals surface area contributed by atoms with E-state index < -0.39 is 0 Å². The van der Waals surface area contributed by atoms with Crippen LogP contribution in [0, 0.1) is 10.5 Å². The number of hydrogen-bond donors (Lipinski definition) is 1. The van der Waals surface area contributed by atoms with Gasteiger partial charge in [-0.2, -0.15) is 5.10 Å². The third-order valence-corrected chi connectivity index (χ3v) is 5.44. The number of hydrazone groups is 1. The van der Waals surface area contributed by atoms with E-state index in [0.29, 0.717) is 0 Å². The maximum Gasteiger partial charge on any atom is 0.203 e. The average molecular weight is 422 g/mol. The van der Waals surface area contributed by atoms with Crippen molar-refractivity contribution in [3.05, 3.63) is 42.9 Å². The van der Waals surface area contributed by atoms with Gasteiger partial charge in [-0.1, -0.05) is 12.1 Å². The number of anilines is 1. The van der Waals surface area contributed by atoms with Crippen molar-refractivity contribution < 1.29 is 0 Å². The van der Waals surface area contributed by atoms with E-state index in [4.69, 9.17) is 0 Å². The predicted molar refractivity (Wildman–Crippen MR) is 84.9 cm³/mol. The molecule has 0 spiro atoms. The molecule has 88 valence electrons. The van der Waals surface area contributed by atoms with Crippen LogP contribution in [-0.4, -0.2) is 11.2 Å². The summed E-state index contributed by atoms with van der Waals surface area (Å²) in [7, 11) is 0. The summed E-state index contributed by atoms with van der Waals surface area (Å²) in [5, 5.41) is 6.97. The van der Waals surface area contributed by atoms with Crippen molar-refractivity contribution in [3.63, 3.8) is 0 Å². The molecule has 6 heteroatoms. The quantitative estimate of drug-likeness (QED) is 0.456. The molecule has 2 aromatic rings. The molecule has 0 atom stereocenters. The molecule has 0 fully saturated rings. The lowest BCUT2D eigenvalue weighted by Crippen LogP contribution is -1.92. The Kier molecular flexibility index (Phi) is 4.52. The summed E-state index contributed by atoms with van der Waals surface area (Å²) < 4.78 is 2.22. The van der Waals surface area contributed by atoms with Gasteiger partial charge in [-0.3, -0.25) is 5.43 Å². The van der Waals surface area contributed by atoms with Gasteiger partial charge in [0.25, 0.3) is 0 Å². The van der Waals surface area contributed by atoms with Crippen LogP contribution in [0.25, 0.3) is 0 Å². The molecule has 0 bridgehead atoms. The molecule has 1 aromatic heterocycles. The van der Waals surface area contributed by atoms with Crippen LogP contribution >= 0.6 is 49.9 Å². The van der Waals surface area contributed by atoms with Crippen molar-refractivity contribution >= 4 is 61.2 Å². The molecule has 3 nitrogen and oxygen atoms in total. The van der Waals surface area contributed by atoms with E-state index in [-0.39, 0.29) is 0 Å². The van der Waals surface area contributed by atoms with Gasteiger partial charge < -0.3 is 0 Å². The van der Waals surface area contributed by atoms with E-state index in [1.54, 1.807) is 17.6 Å². The minimum atomic E-state index is 0.809. The van der Waals surface area contributed by atoms with Crippen molar-refractivity contribution in [3.8, 4) is 0 Å². The summed E-state index contributed by atoms with van der Waals surface area (Å²) in [6.07, 6.45) is 1.79. The summed E-state index contributed by atoms with van der Waals surface area (Å²) in [5.74, 6) is 0. The van der Waals surface area contributed by atoms with Gasteiger partial charge in [-0.05, 0) is 51.5 Å². The summed E-state index contributed by atoms with van der Waals surface area (Å²) in [4.78, 5) is 4.26. The molecule has 0 aliphatic carbocycles. The van der Waals surface area contributed by atoms with Gasteiger partial charge in [0.05, 0.1) is 11.9 Å². The number of halogens is 2. The van der Waals surface area contributed by atoms with Gasteiger partial charge in [0.15, 0.2) is 0 Å². The molecule has 1 aromatic carbocycles. The highest BCUT2D eigenvalue weighted by atomic mass is 127. The summed E-state index contributed by atoms with van der Waals surface area (Å²) in [5.41, 5.74) is 4.99. The van der Waals surface area contributed by atoms with Crippen molar-refractivity contribution in [1.29, 1.82) is 0 Å². The number of aryl methyl sites for hydroxylation is 1. The summed E-state index contributed by atoms with van der Waals surface area (Å²) >= 11 is 7.32. The van der Waals surface area contributed by atoms with Crippen LogP contribution < -0.4 is 5.43 Å². The molecule has 0 aliphatic rings. The van der Waals surface area contributed by atoms with Crippen molar-refractivity contribution in [2.45, 2.75) is 6.92 Å². The Morgan fingerprint density at radius 3 is 3.06 bits per heavy atom. The minimum absolute atomic E-state index is 0.809. The Morgan fingerprint density at radius 2 is 2.35 bits per heavy atom. The highest BCUT2D eigenvalue weighted by molar-refractivity contribution is 14.1. The minimum Gasteiger partial charge on any atom is -0.253 e. The molecule has 1 heterocycles. The maximum atomic E-state index is 4.26.